The third-order valence-electron chi connectivity index (χ3n) is 4.25. The maximum atomic E-state index is 12.6. The maximum Gasteiger partial charge on any atom is 0.261 e. The number of ketones is 1. The zero-order valence-corrected chi connectivity index (χ0v) is 12.1. The van der Waals surface area contributed by atoms with Crippen LogP contribution in [0.5, 0.6) is 0 Å². The molecule has 1 aliphatic heterocycles. The van der Waals surface area contributed by atoms with Crippen LogP contribution in [0.3, 0.4) is 0 Å². The Kier molecular flexibility index (Phi) is 3.63. The normalized spacial score (nSPS) is 22.0. The first kappa shape index (κ1) is 14.0. The van der Waals surface area contributed by atoms with Gasteiger partial charge in [0.15, 0.2) is 5.78 Å². The summed E-state index contributed by atoms with van der Waals surface area (Å²) in [5.41, 5.74) is 0.866. The van der Waals surface area contributed by atoms with Gasteiger partial charge in [-0.3, -0.25) is 14.4 Å². The maximum absolute atomic E-state index is 12.6. The van der Waals surface area contributed by atoms with Crippen LogP contribution >= 0.6 is 0 Å². The van der Waals surface area contributed by atoms with Gasteiger partial charge in [0.1, 0.15) is 5.56 Å². The molecule has 1 aromatic rings. The molecule has 1 saturated heterocycles. The molecule has 3 rings (SSSR count). The highest BCUT2D eigenvalue weighted by molar-refractivity contribution is 6.01. The molecule has 0 radical (unpaired) electrons. The molecule has 0 spiro atoms. The van der Waals surface area contributed by atoms with Crippen molar-refractivity contribution in [3.8, 4) is 0 Å². The smallest absolute Gasteiger partial charge is 0.261 e. The molecule has 2 N–H and O–H groups in total. The Morgan fingerprint density at radius 3 is 2.90 bits per heavy atom. The number of Topliss-reactive ketones (excluding diaryl/α,β-unsaturated/α-hetero) is 1. The van der Waals surface area contributed by atoms with Gasteiger partial charge in [0.2, 0.25) is 0 Å². The summed E-state index contributed by atoms with van der Waals surface area (Å²) in [7, 11) is 0. The molecule has 1 atom stereocenters. The van der Waals surface area contributed by atoms with Crippen LogP contribution in [0, 0.1) is 0 Å². The summed E-state index contributed by atoms with van der Waals surface area (Å²) >= 11 is 0. The van der Waals surface area contributed by atoms with E-state index in [-0.39, 0.29) is 28.9 Å². The van der Waals surface area contributed by atoms with Gasteiger partial charge in [0.25, 0.3) is 11.5 Å². The number of pyridine rings is 1. The lowest BCUT2D eigenvalue weighted by molar-refractivity contribution is 0.0654. The van der Waals surface area contributed by atoms with Crippen molar-refractivity contribution in [2.45, 2.75) is 32.2 Å². The Labute approximate surface area is 122 Å². The van der Waals surface area contributed by atoms with Gasteiger partial charge in [-0.2, -0.15) is 0 Å². The Morgan fingerprint density at radius 1 is 1.33 bits per heavy atom. The van der Waals surface area contributed by atoms with Crippen LogP contribution in [0.4, 0.5) is 0 Å². The van der Waals surface area contributed by atoms with E-state index in [1.54, 1.807) is 4.90 Å². The number of aromatic amines is 1. The Balaban J connectivity index is 1.98. The van der Waals surface area contributed by atoms with Crippen LogP contribution in [0.1, 0.15) is 46.2 Å². The summed E-state index contributed by atoms with van der Waals surface area (Å²) in [4.78, 5) is 41.1. The predicted molar refractivity (Wildman–Crippen MR) is 77.7 cm³/mol. The summed E-state index contributed by atoms with van der Waals surface area (Å²) in [5, 5.41) is 3.21. The largest absolute Gasteiger partial charge is 0.333 e. The van der Waals surface area contributed by atoms with E-state index >= 15 is 0 Å². The highest BCUT2D eigenvalue weighted by atomic mass is 16.2. The quantitative estimate of drug-likeness (QED) is 0.780. The summed E-state index contributed by atoms with van der Waals surface area (Å²) in [6.07, 6.45) is 1.93. The molecule has 6 heteroatoms. The number of amides is 1. The van der Waals surface area contributed by atoms with Gasteiger partial charge in [-0.1, -0.05) is 0 Å². The lowest BCUT2D eigenvalue weighted by Crippen LogP contribution is -2.53. The second-order valence-electron chi connectivity index (χ2n) is 5.73. The molecule has 0 unspecified atom stereocenters. The Hall–Kier alpha value is -1.95. The van der Waals surface area contributed by atoms with Crippen LogP contribution < -0.4 is 10.9 Å². The minimum atomic E-state index is -0.390. The van der Waals surface area contributed by atoms with E-state index in [9.17, 15) is 14.4 Å². The first-order chi connectivity index (χ1) is 10.1. The second kappa shape index (κ2) is 5.44. The molecule has 0 saturated carbocycles. The zero-order valence-electron chi connectivity index (χ0n) is 12.1. The molecule has 112 valence electrons. The van der Waals surface area contributed by atoms with Crippen LogP contribution in [0.2, 0.25) is 0 Å². The molecular weight excluding hydrogens is 270 g/mol. The first-order valence-corrected chi connectivity index (χ1v) is 7.39. The van der Waals surface area contributed by atoms with Gasteiger partial charge in [-0.15, -0.1) is 0 Å². The van der Waals surface area contributed by atoms with Crippen molar-refractivity contribution in [1.29, 1.82) is 0 Å². The van der Waals surface area contributed by atoms with Gasteiger partial charge in [0.05, 0.1) is 0 Å². The molecule has 21 heavy (non-hydrogen) atoms. The molecule has 2 heterocycles. The lowest BCUT2D eigenvalue weighted by atomic mass is 9.93. The number of fused-ring (bicyclic) bond motifs is 1. The molecular formula is C15H19N3O3. The van der Waals surface area contributed by atoms with Crippen molar-refractivity contribution in [3.05, 3.63) is 33.2 Å². The number of carbonyl (C=O) groups is 2. The van der Waals surface area contributed by atoms with Crippen molar-refractivity contribution in [3.63, 3.8) is 0 Å². The monoisotopic (exact) mass is 289 g/mol. The lowest BCUT2D eigenvalue weighted by Gasteiger charge is -2.34. The van der Waals surface area contributed by atoms with E-state index in [4.69, 9.17) is 0 Å². The summed E-state index contributed by atoms with van der Waals surface area (Å²) < 4.78 is 0. The van der Waals surface area contributed by atoms with Crippen molar-refractivity contribution >= 4 is 11.7 Å². The fourth-order valence-corrected chi connectivity index (χ4v) is 3.03. The third-order valence-corrected chi connectivity index (χ3v) is 4.25. The predicted octanol–water partition coefficient (Wildman–Crippen LogP) is 0.328. The number of aryl methyl sites for hydroxylation is 1. The number of nitrogens with one attached hydrogen (secondary N) is 2. The standard InChI is InChI=1S/C15H19N3O3/c1-9-8-16-5-6-18(9)15(21)11-7-10-12(17-14(11)20)3-2-4-13(10)19/h7,9,16H,2-6,8H2,1H3,(H,17,20)/t9-/m0/s1. The van der Waals surface area contributed by atoms with E-state index < -0.39 is 0 Å². The minimum absolute atomic E-state index is 0.00918. The highest BCUT2D eigenvalue weighted by Gasteiger charge is 2.28. The number of aromatic nitrogens is 1. The van der Waals surface area contributed by atoms with E-state index in [1.165, 1.54) is 6.07 Å². The number of piperazine rings is 1. The minimum Gasteiger partial charge on any atom is -0.333 e. The molecule has 1 fully saturated rings. The van der Waals surface area contributed by atoms with Gasteiger partial charge < -0.3 is 15.2 Å². The van der Waals surface area contributed by atoms with Crippen molar-refractivity contribution in [1.82, 2.24) is 15.2 Å². The number of hydrogen-bond donors (Lipinski definition) is 2. The van der Waals surface area contributed by atoms with Crippen molar-refractivity contribution in [2.24, 2.45) is 0 Å². The molecule has 1 amide bonds. The van der Waals surface area contributed by atoms with Crippen LogP contribution in [0.15, 0.2) is 10.9 Å². The molecule has 0 bridgehead atoms. The number of hydrogen-bond acceptors (Lipinski definition) is 4. The first-order valence-electron chi connectivity index (χ1n) is 7.39. The van der Waals surface area contributed by atoms with Gasteiger partial charge in [-0.05, 0) is 25.8 Å². The van der Waals surface area contributed by atoms with Crippen LogP contribution in [0.25, 0.3) is 0 Å². The fraction of sp³-hybridized carbons (Fsp3) is 0.533. The van der Waals surface area contributed by atoms with Crippen molar-refractivity contribution in [2.75, 3.05) is 19.6 Å². The van der Waals surface area contributed by atoms with E-state index in [1.807, 2.05) is 6.92 Å². The SMILES string of the molecule is C[C@H]1CNCCN1C(=O)c1cc2c([nH]c1=O)CCCC2=O. The van der Waals surface area contributed by atoms with E-state index in [2.05, 4.69) is 10.3 Å². The second-order valence-corrected chi connectivity index (χ2v) is 5.73. The summed E-state index contributed by atoms with van der Waals surface area (Å²) in [6, 6.07) is 1.53. The van der Waals surface area contributed by atoms with Crippen LogP contribution in [-0.2, 0) is 6.42 Å². The van der Waals surface area contributed by atoms with Crippen molar-refractivity contribution < 1.29 is 9.59 Å². The van der Waals surface area contributed by atoms with Gasteiger partial charge >= 0.3 is 0 Å². The molecule has 1 aromatic heterocycles. The zero-order chi connectivity index (χ0) is 15.0. The van der Waals surface area contributed by atoms with Gasteiger partial charge in [0, 0.05) is 43.4 Å². The molecule has 2 aliphatic rings. The summed E-state index contributed by atoms with van der Waals surface area (Å²) in [6.45, 7) is 3.96. The number of rotatable bonds is 1. The number of nitrogens with zero attached hydrogens (tertiary/aromatic N) is 1. The molecule has 6 nitrogen and oxygen atoms in total. The average molecular weight is 289 g/mol. The fourth-order valence-electron chi connectivity index (χ4n) is 3.03. The molecule has 1 aliphatic carbocycles. The highest BCUT2D eigenvalue weighted by Crippen LogP contribution is 2.19. The number of carbonyl (C=O) groups excluding carboxylic acids is 2. The third kappa shape index (κ3) is 2.51. The van der Waals surface area contributed by atoms with Gasteiger partial charge in [-0.25, -0.2) is 0 Å². The van der Waals surface area contributed by atoms with Crippen LogP contribution in [-0.4, -0.2) is 47.3 Å². The topological polar surface area (TPSA) is 82.3 Å². The van der Waals surface area contributed by atoms with E-state index in [0.29, 0.717) is 37.2 Å². The average Bonchev–Trinajstić information content (AvgIpc) is 2.47. The summed E-state index contributed by atoms with van der Waals surface area (Å²) in [5.74, 6) is -0.277. The van der Waals surface area contributed by atoms with E-state index in [0.717, 1.165) is 13.0 Å². The Morgan fingerprint density at radius 2 is 2.14 bits per heavy atom. The Bertz CT molecular complexity index is 650. The molecule has 0 aromatic carbocycles. The number of H-pyrrole nitrogens is 1.